The van der Waals surface area contributed by atoms with Gasteiger partial charge in [-0.3, -0.25) is 0 Å². The van der Waals surface area contributed by atoms with Gasteiger partial charge in [-0.15, -0.1) is 0 Å². The second kappa shape index (κ2) is 4.81. The summed E-state index contributed by atoms with van der Waals surface area (Å²) in [7, 11) is 1.50. The summed E-state index contributed by atoms with van der Waals surface area (Å²) < 4.78 is 15.6. The van der Waals surface area contributed by atoms with Crippen LogP contribution in [-0.4, -0.2) is 29.1 Å². The maximum atomic E-state index is 11.7. The summed E-state index contributed by atoms with van der Waals surface area (Å²) in [5.74, 6) is 0.640. The van der Waals surface area contributed by atoms with Gasteiger partial charge in [0, 0.05) is 15.9 Å². The van der Waals surface area contributed by atoms with Crippen molar-refractivity contribution in [2.75, 3.05) is 7.11 Å². The number of hydrogen-bond acceptors (Lipinski definition) is 4. The van der Waals surface area contributed by atoms with Crippen molar-refractivity contribution < 1.29 is 19.0 Å². The maximum Gasteiger partial charge on any atom is 0.510 e. The fourth-order valence-corrected chi connectivity index (χ4v) is 4.48. The van der Waals surface area contributed by atoms with E-state index in [4.69, 9.17) is 14.2 Å². The summed E-state index contributed by atoms with van der Waals surface area (Å²) in [5, 5.41) is 0. The highest BCUT2D eigenvalue weighted by atomic mass is 127. The molecule has 18 heavy (non-hydrogen) atoms. The molecule has 1 unspecified atom stereocenters. The number of halogens is 1. The Morgan fingerprint density at radius 3 is 2.56 bits per heavy atom. The van der Waals surface area contributed by atoms with Gasteiger partial charge in [0.2, 0.25) is 6.29 Å². The van der Waals surface area contributed by atoms with Crippen molar-refractivity contribution in [3.63, 3.8) is 0 Å². The molecule has 0 N–H and O–H groups in total. The second-order valence-corrected chi connectivity index (χ2v) is 7.98. The predicted octanol–water partition coefficient (Wildman–Crippen LogP) is 3.51. The molecule has 4 nitrogen and oxygen atoms in total. The molecule has 0 aliphatic heterocycles. The van der Waals surface area contributed by atoms with Crippen LogP contribution in [0.15, 0.2) is 0 Å². The Labute approximate surface area is 122 Å². The number of rotatable bonds is 3. The molecule has 2 aliphatic rings. The molecular weight excluding hydrogens is 347 g/mol. The van der Waals surface area contributed by atoms with Crippen LogP contribution in [0.2, 0.25) is 0 Å². The lowest BCUT2D eigenvalue weighted by molar-refractivity contribution is -0.109. The largest absolute Gasteiger partial charge is 0.510 e. The van der Waals surface area contributed by atoms with Crippen molar-refractivity contribution >= 4 is 28.7 Å². The average molecular weight is 368 g/mol. The zero-order valence-electron chi connectivity index (χ0n) is 11.4. The van der Waals surface area contributed by atoms with Gasteiger partial charge in [0.05, 0.1) is 0 Å². The molecule has 0 aromatic rings. The Kier molecular flexibility index (Phi) is 3.84. The van der Waals surface area contributed by atoms with Gasteiger partial charge in [-0.05, 0) is 39.0 Å². The van der Waals surface area contributed by atoms with Crippen LogP contribution in [0.3, 0.4) is 0 Å². The Morgan fingerprint density at radius 1 is 1.44 bits per heavy atom. The summed E-state index contributed by atoms with van der Waals surface area (Å²) in [4.78, 5) is 11.7. The van der Waals surface area contributed by atoms with E-state index in [0.29, 0.717) is 5.92 Å². The SMILES string of the molecule is CO[C@H](C)OC(=O)O[C@@H]1C[C@@H]2CC[C@@]1(C)C2(C)I. The average Bonchev–Trinajstić information content (AvgIpc) is 2.61. The Bertz CT molecular complexity index is 344. The lowest BCUT2D eigenvalue weighted by atomic mass is 9.80. The van der Waals surface area contributed by atoms with E-state index in [1.165, 1.54) is 13.5 Å². The van der Waals surface area contributed by atoms with E-state index in [0.717, 1.165) is 12.8 Å². The van der Waals surface area contributed by atoms with Gasteiger partial charge < -0.3 is 14.2 Å². The summed E-state index contributed by atoms with van der Waals surface area (Å²) in [6.07, 6.45) is 2.10. The van der Waals surface area contributed by atoms with Gasteiger partial charge in [-0.25, -0.2) is 4.79 Å². The molecule has 104 valence electrons. The van der Waals surface area contributed by atoms with Crippen LogP contribution in [0, 0.1) is 11.3 Å². The van der Waals surface area contributed by atoms with Crippen LogP contribution >= 0.6 is 22.6 Å². The number of methoxy groups -OCH3 is 1. The highest BCUT2D eigenvalue weighted by Gasteiger charge is 2.64. The van der Waals surface area contributed by atoms with Crippen LogP contribution in [0.5, 0.6) is 0 Å². The lowest BCUT2D eigenvalue weighted by Gasteiger charge is -2.36. The van der Waals surface area contributed by atoms with E-state index >= 15 is 0 Å². The van der Waals surface area contributed by atoms with Crippen LogP contribution in [0.1, 0.15) is 40.0 Å². The number of alkyl halides is 1. The third-order valence-electron chi connectivity index (χ3n) is 4.94. The van der Waals surface area contributed by atoms with Gasteiger partial charge >= 0.3 is 6.16 Å². The third-order valence-corrected chi connectivity index (χ3v) is 7.05. The molecule has 0 saturated heterocycles. The summed E-state index contributed by atoms with van der Waals surface area (Å²) in [6, 6.07) is 0. The molecule has 0 radical (unpaired) electrons. The Morgan fingerprint density at radius 2 is 2.11 bits per heavy atom. The van der Waals surface area contributed by atoms with Crippen LogP contribution in [0.4, 0.5) is 4.79 Å². The van der Waals surface area contributed by atoms with Crippen LogP contribution < -0.4 is 0 Å². The van der Waals surface area contributed by atoms with E-state index in [9.17, 15) is 4.79 Å². The van der Waals surface area contributed by atoms with E-state index < -0.39 is 12.4 Å². The molecule has 0 spiro atoms. The second-order valence-electron chi connectivity index (χ2n) is 5.74. The molecule has 2 saturated carbocycles. The number of ether oxygens (including phenoxy) is 3. The van der Waals surface area contributed by atoms with Gasteiger partial charge in [0.1, 0.15) is 6.10 Å². The van der Waals surface area contributed by atoms with Crippen LogP contribution in [-0.2, 0) is 14.2 Å². The van der Waals surface area contributed by atoms with Gasteiger partial charge in [-0.2, -0.15) is 0 Å². The standard InChI is InChI=1S/C13H21IO4/c1-8(16-4)17-11(15)18-10-7-9-5-6-12(10,2)13(9,3)14/h8-10H,5-7H2,1-4H3/t8-,9-,10+,12+,13?/m0/s1. The smallest absolute Gasteiger partial charge is 0.430 e. The molecule has 2 fully saturated rings. The molecule has 0 heterocycles. The number of fused-ring (bicyclic) bond motifs is 2. The lowest BCUT2D eigenvalue weighted by Crippen LogP contribution is -2.40. The van der Waals surface area contributed by atoms with Crippen molar-refractivity contribution in [2.24, 2.45) is 11.3 Å². The van der Waals surface area contributed by atoms with Crippen LogP contribution in [0.25, 0.3) is 0 Å². The molecular formula is C13H21IO4. The number of carbonyl (C=O) groups excluding carboxylic acids is 1. The van der Waals surface area contributed by atoms with E-state index in [-0.39, 0.29) is 14.9 Å². The van der Waals surface area contributed by atoms with Gasteiger partial charge in [-0.1, -0.05) is 29.5 Å². The first-order chi connectivity index (χ1) is 8.31. The third kappa shape index (κ3) is 2.13. The zero-order chi connectivity index (χ0) is 13.6. The Balaban J connectivity index is 1.98. The molecule has 2 bridgehead atoms. The first kappa shape index (κ1) is 14.4. The molecule has 2 aliphatic carbocycles. The van der Waals surface area contributed by atoms with Crippen molar-refractivity contribution in [2.45, 2.75) is 55.8 Å². The van der Waals surface area contributed by atoms with Crippen molar-refractivity contribution in [3.05, 3.63) is 0 Å². The zero-order valence-corrected chi connectivity index (χ0v) is 13.5. The highest BCUT2D eigenvalue weighted by molar-refractivity contribution is 14.1. The number of carbonyl (C=O) groups is 1. The normalized spacial score (nSPS) is 43.8. The molecule has 0 aromatic carbocycles. The Hall–Kier alpha value is -0.0400. The molecule has 5 atom stereocenters. The summed E-state index contributed by atoms with van der Waals surface area (Å²) in [5.41, 5.74) is 0.0631. The maximum absolute atomic E-state index is 11.7. The highest BCUT2D eigenvalue weighted by Crippen LogP contribution is 2.65. The van der Waals surface area contributed by atoms with E-state index in [1.807, 2.05) is 0 Å². The van der Waals surface area contributed by atoms with Gasteiger partial charge in [0.25, 0.3) is 0 Å². The van der Waals surface area contributed by atoms with Gasteiger partial charge in [0.15, 0.2) is 0 Å². The minimum Gasteiger partial charge on any atom is -0.430 e. The summed E-state index contributed by atoms with van der Waals surface area (Å²) in [6.45, 7) is 6.17. The molecule has 0 amide bonds. The quantitative estimate of drug-likeness (QED) is 0.331. The van der Waals surface area contributed by atoms with E-state index in [1.54, 1.807) is 6.92 Å². The summed E-state index contributed by atoms with van der Waals surface area (Å²) >= 11 is 2.54. The first-order valence-electron chi connectivity index (χ1n) is 6.40. The minimum atomic E-state index is -0.615. The number of hydrogen-bond donors (Lipinski definition) is 0. The monoisotopic (exact) mass is 368 g/mol. The fourth-order valence-electron chi connectivity index (χ4n) is 3.30. The van der Waals surface area contributed by atoms with E-state index in [2.05, 4.69) is 36.4 Å². The minimum absolute atomic E-state index is 0.0327. The van der Waals surface area contributed by atoms with Crippen molar-refractivity contribution in [1.29, 1.82) is 0 Å². The molecule has 2 rings (SSSR count). The predicted molar refractivity (Wildman–Crippen MR) is 75.7 cm³/mol. The molecule has 5 heteroatoms. The topological polar surface area (TPSA) is 44.8 Å². The van der Waals surface area contributed by atoms with Crippen molar-refractivity contribution in [1.82, 2.24) is 0 Å². The van der Waals surface area contributed by atoms with Crippen molar-refractivity contribution in [3.8, 4) is 0 Å². The molecule has 0 aromatic heterocycles. The first-order valence-corrected chi connectivity index (χ1v) is 7.48. The fraction of sp³-hybridized carbons (Fsp3) is 0.923.